The number of nitrogens with one attached hydrogen (secondary N) is 1. The van der Waals surface area contributed by atoms with Gasteiger partial charge in [-0.25, -0.2) is 8.78 Å². The maximum absolute atomic E-state index is 12.9. The lowest BCUT2D eigenvalue weighted by molar-refractivity contribution is -0.0996. The third-order valence-corrected chi connectivity index (χ3v) is 3.11. The van der Waals surface area contributed by atoms with Crippen LogP contribution in [0.4, 0.5) is 8.78 Å². The van der Waals surface area contributed by atoms with E-state index < -0.39 is 5.92 Å². The summed E-state index contributed by atoms with van der Waals surface area (Å²) in [5.41, 5.74) is 0. The third kappa shape index (κ3) is 4.72. The summed E-state index contributed by atoms with van der Waals surface area (Å²) in [6, 6.07) is 0. The van der Waals surface area contributed by atoms with Crippen molar-refractivity contribution in [2.45, 2.75) is 37.9 Å². The molecule has 0 aromatic rings. The van der Waals surface area contributed by atoms with Crippen molar-refractivity contribution in [2.24, 2.45) is 5.92 Å². The molecule has 0 aromatic carbocycles. The molecule has 0 bridgehead atoms. The molecule has 0 spiro atoms. The van der Waals surface area contributed by atoms with Gasteiger partial charge >= 0.3 is 0 Å². The predicted octanol–water partition coefficient (Wildman–Crippen LogP) is 2.02. The van der Waals surface area contributed by atoms with Crippen molar-refractivity contribution in [3.05, 3.63) is 0 Å². The molecule has 1 saturated carbocycles. The standard InChI is InChI=1S/C11H21F2NO2/c1-15-10(16-2)8-14-7-9-3-5-11(12,13)6-4-9/h9-10,14H,3-8H2,1-2H3. The fourth-order valence-corrected chi connectivity index (χ4v) is 1.97. The number of hydrogen-bond acceptors (Lipinski definition) is 3. The molecular formula is C11H21F2NO2. The van der Waals surface area contributed by atoms with Gasteiger partial charge in [0.15, 0.2) is 6.29 Å². The summed E-state index contributed by atoms with van der Waals surface area (Å²) in [5, 5.41) is 3.19. The van der Waals surface area contributed by atoms with Crippen LogP contribution >= 0.6 is 0 Å². The molecule has 1 aliphatic carbocycles. The van der Waals surface area contributed by atoms with Gasteiger partial charge in [-0.2, -0.15) is 0 Å². The van der Waals surface area contributed by atoms with Gasteiger partial charge < -0.3 is 14.8 Å². The molecule has 5 heteroatoms. The second-order valence-electron chi connectivity index (χ2n) is 4.36. The van der Waals surface area contributed by atoms with Gasteiger partial charge in [0.05, 0.1) is 0 Å². The van der Waals surface area contributed by atoms with E-state index in [-0.39, 0.29) is 19.1 Å². The molecule has 16 heavy (non-hydrogen) atoms. The van der Waals surface area contributed by atoms with Crippen LogP contribution in [-0.4, -0.2) is 39.5 Å². The predicted molar refractivity (Wildman–Crippen MR) is 57.6 cm³/mol. The van der Waals surface area contributed by atoms with Crippen LogP contribution in [0.2, 0.25) is 0 Å². The van der Waals surface area contributed by atoms with E-state index in [1.54, 1.807) is 14.2 Å². The topological polar surface area (TPSA) is 30.5 Å². The van der Waals surface area contributed by atoms with Crippen molar-refractivity contribution in [1.29, 1.82) is 0 Å². The van der Waals surface area contributed by atoms with Crippen molar-refractivity contribution >= 4 is 0 Å². The Morgan fingerprint density at radius 1 is 1.25 bits per heavy atom. The number of methoxy groups -OCH3 is 2. The maximum Gasteiger partial charge on any atom is 0.248 e. The molecule has 1 aliphatic rings. The number of halogens is 2. The molecule has 0 unspecified atom stereocenters. The van der Waals surface area contributed by atoms with Gasteiger partial charge in [-0.05, 0) is 25.3 Å². The lowest BCUT2D eigenvalue weighted by Gasteiger charge is -2.28. The van der Waals surface area contributed by atoms with Gasteiger partial charge in [0.2, 0.25) is 5.92 Å². The van der Waals surface area contributed by atoms with Crippen LogP contribution < -0.4 is 5.32 Å². The highest BCUT2D eigenvalue weighted by Gasteiger charge is 2.34. The Balaban J connectivity index is 2.10. The van der Waals surface area contributed by atoms with E-state index in [2.05, 4.69) is 5.32 Å². The maximum atomic E-state index is 12.9. The molecule has 0 aromatic heterocycles. The van der Waals surface area contributed by atoms with E-state index in [0.29, 0.717) is 25.3 Å². The van der Waals surface area contributed by atoms with Crippen LogP contribution in [0.3, 0.4) is 0 Å². The third-order valence-electron chi connectivity index (χ3n) is 3.11. The second-order valence-corrected chi connectivity index (χ2v) is 4.36. The fraction of sp³-hybridized carbons (Fsp3) is 1.00. The highest BCUT2D eigenvalue weighted by atomic mass is 19.3. The van der Waals surface area contributed by atoms with Crippen LogP contribution in [0, 0.1) is 5.92 Å². The van der Waals surface area contributed by atoms with Crippen LogP contribution in [0.15, 0.2) is 0 Å². The lowest BCUT2D eigenvalue weighted by Crippen LogP contribution is -2.35. The summed E-state index contributed by atoms with van der Waals surface area (Å²) < 4.78 is 35.8. The average Bonchev–Trinajstić information content (AvgIpc) is 2.26. The Morgan fingerprint density at radius 2 is 1.81 bits per heavy atom. The molecule has 0 aliphatic heterocycles. The normalized spacial score (nSPS) is 21.6. The molecule has 0 heterocycles. The van der Waals surface area contributed by atoms with Gasteiger partial charge in [-0.15, -0.1) is 0 Å². The summed E-state index contributed by atoms with van der Waals surface area (Å²) in [7, 11) is 3.16. The van der Waals surface area contributed by atoms with E-state index in [1.165, 1.54) is 0 Å². The van der Waals surface area contributed by atoms with Crippen LogP contribution in [0.5, 0.6) is 0 Å². The summed E-state index contributed by atoms with van der Waals surface area (Å²) in [5.74, 6) is -2.08. The molecule has 96 valence electrons. The van der Waals surface area contributed by atoms with E-state index >= 15 is 0 Å². The zero-order chi connectivity index (χ0) is 12.0. The van der Waals surface area contributed by atoms with E-state index in [1.807, 2.05) is 0 Å². The zero-order valence-corrected chi connectivity index (χ0v) is 9.97. The van der Waals surface area contributed by atoms with Crippen LogP contribution in [0.25, 0.3) is 0 Å². The fourth-order valence-electron chi connectivity index (χ4n) is 1.97. The van der Waals surface area contributed by atoms with Gasteiger partial charge in [-0.1, -0.05) is 0 Å². The summed E-state index contributed by atoms with van der Waals surface area (Å²) >= 11 is 0. The highest BCUT2D eigenvalue weighted by molar-refractivity contribution is 4.78. The monoisotopic (exact) mass is 237 g/mol. The number of alkyl halides is 2. The first-order valence-electron chi connectivity index (χ1n) is 5.71. The van der Waals surface area contributed by atoms with Crippen molar-refractivity contribution in [3.8, 4) is 0 Å². The minimum absolute atomic E-state index is 0.0251. The Labute approximate surface area is 95.5 Å². The van der Waals surface area contributed by atoms with E-state index in [4.69, 9.17) is 9.47 Å². The van der Waals surface area contributed by atoms with Gasteiger partial charge in [0, 0.05) is 33.6 Å². The van der Waals surface area contributed by atoms with Crippen LogP contribution in [-0.2, 0) is 9.47 Å². The van der Waals surface area contributed by atoms with Gasteiger partial charge in [-0.3, -0.25) is 0 Å². The molecule has 0 atom stereocenters. The van der Waals surface area contributed by atoms with Crippen molar-refractivity contribution < 1.29 is 18.3 Å². The summed E-state index contributed by atoms with van der Waals surface area (Å²) in [6.07, 6.45) is 0.995. The quantitative estimate of drug-likeness (QED) is 0.717. The summed E-state index contributed by atoms with van der Waals surface area (Å²) in [4.78, 5) is 0. The van der Waals surface area contributed by atoms with Gasteiger partial charge in [0.25, 0.3) is 0 Å². The Bertz CT molecular complexity index is 188. The number of hydrogen-bond donors (Lipinski definition) is 1. The second kappa shape index (κ2) is 6.47. The molecular weight excluding hydrogens is 216 g/mol. The molecule has 1 N–H and O–H groups in total. The van der Waals surface area contributed by atoms with E-state index in [0.717, 1.165) is 6.54 Å². The Hall–Kier alpha value is -0.260. The van der Waals surface area contributed by atoms with Crippen LogP contribution in [0.1, 0.15) is 25.7 Å². The Morgan fingerprint density at radius 3 is 2.31 bits per heavy atom. The molecule has 0 radical (unpaired) electrons. The average molecular weight is 237 g/mol. The SMILES string of the molecule is COC(CNCC1CCC(F)(F)CC1)OC. The minimum atomic E-state index is -2.43. The van der Waals surface area contributed by atoms with Crippen molar-refractivity contribution in [1.82, 2.24) is 5.32 Å². The first-order chi connectivity index (χ1) is 7.57. The first kappa shape index (κ1) is 13.8. The van der Waals surface area contributed by atoms with Crippen molar-refractivity contribution in [2.75, 3.05) is 27.3 Å². The molecule has 0 amide bonds. The number of rotatable bonds is 6. The lowest BCUT2D eigenvalue weighted by atomic mass is 9.87. The van der Waals surface area contributed by atoms with Crippen molar-refractivity contribution in [3.63, 3.8) is 0 Å². The molecule has 1 rings (SSSR count). The highest BCUT2D eigenvalue weighted by Crippen LogP contribution is 2.35. The Kier molecular flexibility index (Phi) is 5.58. The van der Waals surface area contributed by atoms with Gasteiger partial charge in [0.1, 0.15) is 0 Å². The zero-order valence-electron chi connectivity index (χ0n) is 9.97. The molecule has 0 saturated heterocycles. The first-order valence-corrected chi connectivity index (χ1v) is 5.71. The summed E-state index contributed by atoms with van der Waals surface area (Å²) in [6.45, 7) is 1.36. The number of ether oxygens (including phenoxy) is 2. The smallest absolute Gasteiger partial charge is 0.248 e. The van der Waals surface area contributed by atoms with E-state index in [9.17, 15) is 8.78 Å². The minimum Gasteiger partial charge on any atom is -0.355 e. The molecule has 1 fully saturated rings. The molecule has 3 nitrogen and oxygen atoms in total. The largest absolute Gasteiger partial charge is 0.355 e.